The molecule has 2 unspecified atom stereocenters. The molecule has 0 aliphatic carbocycles. The van der Waals surface area contributed by atoms with E-state index in [0.29, 0.717) is 73.9 Å². The summed E-state index contributed by atoms with van der Waals surface area (Å²) in [5.74, 6) is 1.09. The van der Waals surface area contributed by atoms with Crippen molar-refractivity contribution >= 4 is 94.3 Å². The lowest BCUT2D eigenvalue weighted by Gasteiger charge is -2.27. The number of nitrogen functional groups attached to an aromatic ring is 1. The van der Waals surface area contributed by atoms with Crippen LogP contribution in [0.1, 0.15) is 136 Å². The highest BCUT2D eigenvalue weighted by molar-refractivity contribution is 6.32. The molecular formula is C74H81Cl3N10O8. The standard InChI is InChI=1S/C42H48ClN5O6.C32H32ClN5O2.ClH/c1-10-28-15-12-27(20-29(28)11-2)21-34-37(49)47(25-26-13-17-32(52-9)18-14-26)35-19-16-31(43)22-33(35)36(46-34)30-23-44-38(45-24-30)48(39(50)53-41(3,4)5)40(51)54-42(6,7)8;1-4-22-9-6-21(14-23(22)5-2)15-28-31(39)38(19-20-7-11-26(40-3)12-8-20)29-13-10-25(33)16-27(29)30(37-28)24-17-35-32(34)36-18-24;/h12-20,22-24,34H,10-11,21,25H2,1-9H3;6-14,16-18,28H,4-5,15,19H2,1-3H3,(H2,34,35,36);1H. The van der Waals surface area contributed by atoms with Gasteiger partial charge in [-0.3, -0.25) is 19.6 Å². The molecule has 2 aliphatic rings. The number of aromatic nitrogens is 4. The summed E-state index contributed by atoms with van der Waals surface area (Å²) in [6.07, 6.45) is 8.68. The van der Waals surface area contributed by atoms with Crippen molar-refractivity contribution in [3.63, 3.8) is 0 Å². The summed E-state index contributed by atoms with van der Waals surface area (Å²) in [5.41, 5.74) is 17.8. The second-order valence-corrected chi connectivity index (χ2v) is 25.7. The molecule has 4 amide bonds. The zero-order chi connectivity index (χ0) is 67.6. The van der Waals surface area contributed by atoms with E-state index in [9.17, 15) is 19.2 Å². The van der Waals surface area contributed by atoms with Gasteiger partial charge in [-0.1, -0.05) is 112 Å². The van der Waals surface area contributed by atoms with E-state index in [-0.39, 0.29) is 42.7 Å². The van der Waals surface area contributed by atoms with E-state index in [1.54, 1.807) is 96.2 Å². The minimum Gasteiger partial charge on any atom is -0.497 e. The van der Waals surface area contributed by atoms with Gasteiger partial charge in [0.25, 0.3) is 11.8 Å². The number of benzene rings is 6. The molecule has 0 saturated heterocycles. The van der Waals surface area contributed by atoms with Crippen LogP contribution in [0.2, 0.25) is 10.0 Å². The average Bonchev–Trinajstić information content (AvgIpc) is 1.69. The minimum absolute atomic E-state index is 0. The predicted octanol–water partition coefficient (Wildman–Crippen LogP) is 15.2. The van der Waals surface area contributed by atoms with Gasteiger partial charge in [0.2, 0.25) is 11.9 Å². The number of hydrogen-bond donors (Lipinski definition) is 1. The highest BCUT2D eigenvalue weighted by atomic mass is 35.5. The molecule has 496 valence electrons. The summed E-state index contributed by atoms with van der Waals surface area (Å²) < 4.78 is 21.7. The van der Waals surface area contributed by atoms with Gasteiger partial charge in [0.1, 0.15) is 34.8 Å². The molecule has 4 heterocycles. The first-order chi connectivity index (χ1) is 44.9. The van der Waals surface area contributed by atoms with Crippen LogP contribution in [0.25, 0.3) is 0 Å². The number of anilines is 4. The Balaban J connectivity index is 0.000000251. The zero-order valence-electron chi connectivity index (χ0n) is 55.7. The number of halogens is 3. The van der Waals surface area contributed by atoms with Gasteiger partial charge in [0.05, 0.1) is 50.1 Å². The smallest absolute Gasteiger partial charge is 0.427 e. The van der Waals surface area contributed by atoms with Crippen molar-refractivity contribution in [1.82, 2.24) is 19.9 Å². The van der Waals surface area contributed by atoms with Crippen LogP contribution in [0.5, 0.6) is 11.5 Å². The Labute approximate surface area is 572 Å². The first-order valence-corrected chi connectivity index (χ1v) is 32.2. The molecule has 2 aromatic heterocycles. The van der Waals surface area contributed by atoms with E-state index in [1.807, 2.05) is 66.7 Å². The minimum atomic E-state index is -0.992. The molecule has 0 spiro atoms. The molecule has 0 fully saturated rings. The Morgan fingerprint density at radius 1 is 0.505 bits per heavy atom. The summed E-state index contributed by atoms with van der Waals surface area (Å²) >= 11 is 13.1. The highest BCUT2D eigenvalue weighted by Gasteiger charge is 2.38. The van der Waals surface area contributed by atoms with Gasteiger partial charge in [-0.2, -0.15) is 0 Å². The predicted molar refractivity (Wildman–Crippen MR) is 379 cm³/mol. The molecule has 0 saturated carbocycles. The number of benzodiazepines with no additional fused rings is 2. The molecular weight excluding hydrogens is 1260 g/mol. The van der Waals surface area contributed by atoms with Crippen molar-refractivity contribution in [1.29, 1.82) is 0 Å². The van der Waals surface area contributed by atoms with E-state index < -0.39 is 35.5 Å². The van der Waals surface area contributed by atoms with E-state index >= 15 is 0 Å². The molecule has 2 aliphatic heterocycles. The second-order valence-electron chi connectivity index (χ2n) is 24.8. The maximum Gasteiger partial charge on any atom is 0.427 e. The summed E-state index contributed by atoms with van der Waals surface area (Å²) in [4.78, 5) is 87.4. The number of ether oxygens (including phenoxy) is 4. The first-order valence-electron chi connectivity index (χ1n) is 31.4. The maximum atomic E-state index is 14.7. The number of methoxy groups -OCH3 is 2. The van der Waals surface area contributed by atoms with Crippen LogP contribution < -0.4 is 29.9 Å². The number of imide groups is 1. The van der Waals surface area contributed by atoms with E-state index in [1.165, 1.54) is 34.6 Å². The first kappa shape index (κ1) is 71.6. The van der Waals surface area contributed by atoms with Gasteiger partial charge in [-0.25, -0.2) is 29.5 Å². The van der Waals surface area contributed by atoms with Gasteiger partial charge in [-0.05, 0) is 172 Å². The number of aliphatic imine (C=N–C) groups is 2. The third-order valence-electron chi connectivity index (χ3n) is 15.8. The lowest BCUT2D eigenvalue weighted by molar-refractivity contribution is -0.120. The molecule has 6 aromatic carbocycles. The van der Waals surface area contributed by atoms with Crippen LogP contribution in [-0.2, 0) is 70.7 Å². The molecule has 0 radical (unpaired) electrons. The summed E-state index contributed by atoms with van der Waals surface area (Å²) in [6, 6.07) is 37.4. The van der Waals surface area contributed by atoms with Crippen molar-refractivity contribution in [3.05, 3.63) is 223 Å². The number of carbonyl (C=O) groups excluding carboxylic acids is 4. The van der Waals surface area contributed by atoms with Crippen molar-refractivity contribution in [2.45, 2.75) is 144 Å². The fourth-order valence-corrected chi connectivity index (χ4v) is 11.5. The fourth-order valence-electron chi connectivity index (χ4n) is 11.2. The number of fused-ring (bicyclic) bond motifs is 2. The highest BCUT2D eigenvalue weighted by Crippen LogP contribution is 2.36. The Morgan fingerprint density at radius 3 is 1.21 bits per heavy atom. The average molecular weight is 1340 g/mol. The normalized spacial score (nSPS) is 14.5. The van der Waals surface area contributed by atoms with E-state index in [4.69, 9.17) is 57.9 Å². The van der Waals surface area contributed by atoms with Gasteiger partial charge in [0, 0.05) is 69.9 Å². The number of nitrogens with zero attached hydrogens (tertiary/aromatic N) is 9. The Hall–Kier alpha value is -9.23. The Bertz CT molecular complexity index is 4090. The SMILES string of the molecule is CCc1ccc(CC2N=C(c3cnc(N(C(=O)OC(C)(C)C)C(=O)OC(C)(C)C)nc3)c3cc(Cl)ccc3N(Cc3ccc(OC)cc3)C2=O)cc1CC.CCc1ccc(CC2N=C(c3cnc(N)nc3)c3cc(Cl)ccc3N(Cc3ccc(OC)cc3)C2=O)cc1CC.Cl. The maximum absolute atomic E-state index is 14.7. The van der Waals surface area contributed by atoms with Crippen LogP contribution in [-0.4, -0.2) is 92.9 Å². The Kier molecular flexibility index (Phi) is 23.6. The van der Waals surface area contributed by atoms with Gasteiger partial charge in [-0.15, -0.1) is 17.3 Å². The lowest BCUT2D eigenvalue weighted by Crippen LogP contribution is -2.44. The summed E-state index contributed by atoms with van der Waals surface area (Å²) in [7, 11) is 3.24. The van der Waals surface area contributed by atoms with Crippen molar-refractivity contribution < 1.29 is 38.1 Å². The molecule has 95 heavy (non-hydrogen) atoms. The fraction of sp³-hybridized carbons (Fsp3) is 0.324. The number of nitrogens with two attached hydrogens (primary N) is 1. The Morgan fingerprint density at radius 2 is 0.863 bits per heavy atom. The van der Waals surface area contributed by atoms with Crippen LogP contribution in [0.3, 0.4) is 0 Å². The molecule has 10 rings (SSSR count). The molecule has 0 bridgehead atoms. The largest absolute Gasteiger partial charge is 0.497 e. The van der Waals surface area contributed by atoms with Gasteiger partial charge < -0.3 is 34.5 Å². The quantitative estimate of drug-likeness (QED) is 0.0898. The number of aryl methyl sites for hydroxylation is 4. The molecule has 21 heteroatoms. The zero-order valence-corrected chi connectivity index (χ0v) is 58.0. The third kappa shape index (κ3) is 17.8. The topological polar surface area (TPSA) is 217 Å². The van der Waals surface area contributed by atoms with Crippen LogP contribution in [0, 0.1) is 0 Å². The molecule has 2 N–H and O–H groups in total. The van der Waals surface area contributed by atoms with Crippen molar-refractivity contribution in [2.75, 3.05) is 34.7 Å². The second kappa shape index (κ2) is 31.3. The van der Waals surface area contributed by atoms with Crippen LogP contribution in [0.15, 0.2) is 156 Å². The molecule has 18 nitrogen and oxygen atoms in total. The third-order valence-corrected chi connectivity index (χ3v) is 16.3. The van der Waals surface area contributed by atoms with Crippen LogP contribution >= 0.6 is 35.6 Å². The van der Waals surface area contributed by atoms with Gasteiger partial charge >= 0.3 is 12.2 Å². The number of amides is 4. The van der Waals surface area contributed by atoms with Crippen LogP contribution in [0.4, 0.5) is 32.9 Å². The lowest BCUT2D eigenvalue weighted by atomic mass is 9.96. The van der Waals surface area contributed by atoms with Crippen molar-refractivity contribution in [2.24, 2.45) is 9.98 Å². The summed E-state index contributed by atoms with van der Waals surface area (Å²) in [5, 5.41) is 0.985. The number of carbonyl (C=O) groups is 4. The number of hydrogen-bond acceptors (Lipinski definition) is 15. The molecule has 2 atom stereocenters. The van der Waals surface area contributed by atoms with Gasteiger partial charge in [0.15, 0.2) is 0 Å². The van der Waals surface area contributed by atoms with E-state index in [0.717, 1.165) is 64.9 Å². The van der Waals surface area contributed by atoms with Crippen molar-refractivity contribution in [3.8, 4) is 11.5 Å². The summed E-state index contributed by atoms with van der Waals surface area (Å²) in [6.45, 7) is 19.3. The molecule has 8 aromatic rings. The number of rotatable bonds is 17. The van der Waals surface area contributed by atoms with E-state index in [2.05, 4.69) is 84.0 Å². The monoisotopic (exact) mass is 1340 g/mol.